The smallest absolute Gasteiger partial charge is 0.267 e. The second kappa shape index (κ2) is 7.75. The largest absolute Gasteiger partial charge is 0.272 e. The Hall–Kier alpha value is -3.93. The molecule has 1 N–H and O–H groups in total. The molecule has 6 heteroatoms. The van der Waals surface area contributed by atoms with E-state index in [9.17, 15) is 9.18 Å². The fraction of sp³-hybridized carbons (Fsp3) is 0. The van der Waals surface area contributed by atoms with Crippen LogP contribution in [0.2, 0.25) is 0 Å². The Morgan fingerprint density at radius 3 is 2.68 bits per heavy atom. The molecular formula is C22H15FN4O. The highest BCUT2D eigenvalue weighted by molar-refractivity contribution is 6.07. The summed E-state index contributed by atoms with van der Waals surface area (Å²) in [6.45, 7) is 0. The molecule has 0 radical (unpaired) electrons. The molecule has 4 rings (SSSR count). The molecule has 1 amide bonds. The van der Waals surface area contributed by atoms with E-state index >= 15 is 0 Å². The molecular weight excluding hydrogens is 355 g/mol. The molecule has 2 aromatic heterocycles. The molecule has 0 aliphatic rings. The van der Waals surface area contributed by atoms with Crippen LogP contribution in [0.25, 0.3) is 22.2 Å². The van der Waals surface area contributed by atoms with E-state index in [0.717, 1.165) is 5.56 Å². The van der Waals surface area contributed by atoms with Crippen LogP contribution < -0.4 is 5.43 Å². The lowest BCUT2D eigenvalue weighted by atomic mass is 10.0. The van der Waals surface area contributed by atoms with Gasteiger partial charge in [-0.25, -0.2) is 14.8 Å². The molecule has 28 heavy (non-hydrogen) atoms. The Balaban J connectivity index is 1.69. The van der Waals surface area contributed by atoms with Gasteiger partial charge in [0.25, 0.3) is 5.91 Å². The number of halogens is 1. The van der Waals surface area contributed by atoms with Gasteiger partial charge in [0, 0.05) is 28.9 Å². The van der Waals surface area contributed by atoms with Crippen LogP contribution in [0.1, 0.15) is 15.9 Å². The summed E-state index contributed by atoms with van der Waals surface area (Å²) < 4.78 is 13.7. The van der Waals surface area contributed by atoms with Crippen molar-refractivity contribution in [2.75, 3.05) is 0 Å². The second-order valence-electron chi connectivity index (χ2n) is 6.03. The molecule has 136 valence electrons. The normalized spacial score (nSPS) is 11.0. The lowest BCUT2D eigenvalue weighted by Crippen LogP contribution is -2.18. The van der Waals surface area contributed by atoms with Gasteiger partial charge in [0.15, 0.2) is 0 Å². The minimum atomic E-state index is -0.409. The first-order valence-corrected chi connectivity index (χ1v) is 8.60. The molecule has 2 heterocycles. The van der Waals surface area contributed by atoms with E-state index in [1.165, 1.54) is 12.3 Å². The van der Waals surface area contributed by atoms with E-state index in [4.69, 9.17) is 0 Å². The zero-order valence-electron chi connectivity index (χ0n) is 14.7. The molecule has 0 fully saturated rings. The molecule has 0 aliphatic heterocycles. The molecule has 0 bridgehead atoms. The molecule has 0 saturated carbocycles. The van der Waals surface area contributed by atoms with Crippen molar-refractivity contribution in [2.24, 2.45) is 5.10 Å². The highest BCUT2D eigenvalue weighted by Crippen LogP contribution is 2.24. The van der Waals surface area contributed by atoms with E-state index in [1.54, 1.807) is 36.7 Å². The first-order valence-electron chi connectivity index (χ1n) is 8.60. The first kappa shape index (κ1) is 17.5. The predicted octanol–water partition coefficient (Wildman–Crippen LogP) is 4.20. The van der Waals surface area contributed by atoms with Gasteiger partial charge in [0.2, 0.25) is 0 Å². The number of hydrogen-bond donors (Lipinski definition) is 1. The van der Waals surface area contributed by atoms with Crippen molar-refractivity contribution in [3.8, 4) is 11.3 Å². The number of hydrogen-bond acceptors (Lipinski definition) is 4. The Morgan fingerprint density at radius 2 is 1.86 bits per heavy atom. The van der Waals surface area contributed by atoms with Crippen molar-refractivity contribution in [1.82, 2.24) is 15.4 Å². The average molecular weight is 370 g/mol. The highest BCUT2D eigenvalue weighted by Gasteiger charge is 2.13. The van der Waals surface area contributed by atoms with Crippen LogP contribution in [0.5, 0.6) is 0 Å². The number of rotatable bonds is 4. The van der Waals surface area contributed by atoms with Gasteiger partial charge in [-0.3, -0.25) is 9.78 Å². The summed E-state index contributed by atoms with van der Waals surface area (Å²) in [6, 6.07) is 19.0. The maximum absolute atomic E-state index is 13.7. The Kier molecular flexibility index (Phi) is 4.84. The number of para-hydroxylation sites is 1. The van der Waals surface area contributed by atoms with Crippen LogP contribution in [-0.4, -0.2) is 22.1 Å². The number of benzene rings is 2. The van der Waals surface area contributed by atoms with Crippen molar-refractivity contribution in [3.05, 3.63) is 96.1 Å². The second-order valence-corrected chi connectivity index (χ2v) is 6.03. The standard InChI is InChI=1S/C22H15FN4O/c23-19-9-3-1-6-15(19)14-25-27-22(28)18-12-21(16-7-5-11-24-13-16)26-20-10-4-2-8-17(18)20/h1-14H,(H,27,28)/b25-14-. The van der Waals surface area contributed by atoms with Crippen molar-refractivity contribution in [2.45, 2.75) is 0 Å². The molecule has 0 aliphatic carbocycles. The molecule has 0 unspecified atom stereocenters. The average Bonchev–Trinajstić information content (AvgIpc) is 2.75. The summed E-state index contributed by atoms with van der Waals surface area (Å²) in [6.07, 6.45) is 4.64. The van der Waals surface area contributed by atoms with Gasteiger partial charge in [0.1, 0.15) is 5.82 Å². The highest BCUT2D eigenvalue weighted by atomic mass is 19.1. The molecule has 4 aromatic rings. The van der Waals surface area contributed by atoms with Gasteiger partial charge in [0.05, 0.1) is 23.0 Å². The Labute approximate surface area is 160 Å². The number of hydrazone groups is 1. The minimum Gasteiger partial charge on any atom is -0.267 e. The lowest BCUT2D eigenvalue weighted by Gasteiger charge is -2.08. The number of carbonyl (C=O) groups excluding carboxylic acids is 1. The van der Waals surface area contributed by atoms with E-state index in [0.29, 0.717) is 27.7 Å². The van der Waals surface area contributed by atoms with Crippen LogP contribution in [0, 0.1) is 5.82 Å². The van der Waals surface area contributed by atoms with Crippen molar-refractivity contribution >= 4 is 23.0 Å². The van der Waals surface area contributed by atoms with E-state index < -0.39 is 11.7 Å². The molecule has 2 aromatic carbocycles. The quantitative estimate of drug-likeness (QED) is 0.432. The number of nitrogens with zero attached hydrogens (tertiary/aromatic N) is 3. The number of pyridine rings is 2. The fourth-order valence-electron chi connectivity index (χ4n) is 2.83. The van der Waals surface area contributed by atoms with Crippen LogP contribution in [-0.2, 0) is 0 Å². The van der Waals surface area contributed by atoms with E-state index in [-0.39, 0.29) is 0 Å². The summed E-state index contributed by atoms with van der Waals surface area (Å²) >= 11 is 0. The van der Waals surface area contributed by atoms with Gasteiger partial charge >= 0.3 is 0 Å². The van der Waals surface area contributed by atoms with Gasteiger partial charge in [-0.2, -0.15) is 5.10 Å². The zero-order valence-corrected chi connectivity index (χ0v) is 14.7. The maximum atomic E-state index is 13.7. The van der Waals surface area contributed by atoms with Crippen LogP contribution in [0.4, 0.5) is 4.39 Å². The Morgan fingerprint density at radius 1 is 1.04 bits per heavy atom. The SMILES string of the molecule is O=C(N/N=C\c1ccccc1F)c1cc(-c2cccnc2)nc2ccccc12. The summed E-state index contributed by atoms with van der Waals surface area (Å²) in [7, 11) is 0. The van der Waals surface area contributed by atoms with Crippen LogP contribution in [0.15, 0.2) is 84.2 Å². The monoisotopic (exact) mass is 370 g/mol. The third-order valence-electron chi connectivity index (χ3n) is 4.19. The molecule has 0 saturated heterocycles. The molecule has 0 atom stereocenters. The lowest BCUT2D eigenvalue weighted by molar-refractivity contribution is 0.0956. The van der Waals surface area contributed by atoms with Crippen LogP contribution >= 0.6 is 0 Å². The number of nitrogens with one attached hydrogen (secondary N) is 1. The van der Waals surface area contributed by atoms with Gasteiger partial charge in [-0.1, -0.05) is 36.4 Å². The number of fused-ring (bicyclic) bond motifs is 1. The van der Waals surface area contributed by atoms with Gasteiger partial charge in [-0.15, -0.1) is 0 Å². The van der Waals surface area contributed by atoms with Crippen LogP contribution in [0.3, 0.4) is 0 Å². The maximum Gasteiger partial charge on any atom is 0.272 e. The zero-order chi connectivity index (χ0) is 19.3. The van der Waals surface area contributed by atoms with Crippen molar-refractivity contribution < 1.29 is 9.18 Å². The van der Waals surface area contributed by atoms with Gasteiger partial charge in [-0.05, 0) is 30.3 Å². The Bertz CT molecular complexity index is 1180. The number of amides is 1. The molecule has 5 nitrogen and oxygen atoms in total. The topological polar surface area (TPSA) is 67.2 Å². The number of carbonyl (C=O) groups is 1. The summed E-state index contributed by atoms with van der Waals surface area (Å²) in [5.41, 5.74) is 5.31. The van der Waals surface area contributed by atoms with Gasteiger partial charge < -0.3 is 0 Å². The minimum absolute atomic E-state index is 0.290. The summed E-state index contributed by atoms with van der Waals surface area (Å²) in [5, 5.41) is 4.59. The third-order valence-corrected chi connectivity index (χ3v) is 4.19. The fourth-order valence-corrected chi connectivity index (χ4v) is 2.83. The first-order chi connectivity index (χ1) is 13.7. The van der Waals surface area contributed by atoms with Crippen molar-refractivity contribution in [1.29, 1.82) is 0 Å². The summed E-state index contributed by atoms with van der Waals surface area (Å²) in [4.78, 5) is 21.5. The predicted molar refractivity (Wildman–Crippen MR) is 106 cm³/mol. The third kappa shape index (κ3) is 3.61. The van der Waals surface area contributed by atoms with Crippen molar-refractivity contribution in [3.63, 3.8) is 0 Å². The van der Waals surface area contributed by atoms with E-state index in [1.807, 2.05) is 36.4 Å². The molecule has 0 spiro atoms. The summed E-state index contributed by atoms with van der Waals surface area (Å²) in [5.74, 6) is -0.815. The number of aromatic nitrogens is 2. The van der Waals surface area contributed by atoms with E-state index in [2.05, 4.69) is 20.5 Å².